The Morgan fingerprint density at radius 2 is 0.897 bits per heavy atom. The highest BCUT2D eigenvalue weighted by Crippen LogP contribution is 2.48. The minimum Gasteiger partial charge on any atom is -0.309 e. The van der Waals surface area contributed by atoms with Gasteiger partial charge < -0.3 is 4.90 Å². The number of benzene rings is 9. The van der Waals surface area contributed by atoms with Crippen LogP contribution in [0.2, 0.25) is 0 Å². The first-order chi connectivity index (χ1) is 28.7. The first-order valence-corrected chi connectivity index (χ1v) is 20.3. The van der Waals surface area contributed by atoms with E-state index in [0.717, 1.165) is 39.1 Å². The van der Waals surface area contributed by atoms with Gasteiger partial charge in [-0.1, -0.05) is 170 Å². The van der Waals surface area contributed by atoms with Crippen molar-refractivity contribution in [2.24, 2.45) is 0 Å². The predicted octanol–water partition coefficient (Wildman–Crippen LogP) is 14.7. The largest absolute Gasteiger partial charge is 0.309 e. The van der Waals surface area contributed by atoms with E-state index in [2.05, 4.69) is 175 Å². The van der Waals surface area contributed by atoms with Gasteiger partial charge in [0.15, 0.2) is 17.5 Å². The Kier molecular flexibility index (Phi) is 8.30. The molecule has 272 valence electrons. The van der Waals surface area contributed by atoms with Crippen molar-refractivity contribution in [1.29, 1.82) is 0 Å². The fraction of sp³-hybridized carbons (Fsp3) is 0. The molecule has 9 aromatic carbocycles. The van der Waals surface area contributed by atoms with Crippen molar-refractivity contribution in [2.75, 3.05) is 4.90 Å². The third-order valence-corrected chi connectivity index (χ3v) is 12.1. The molecule has 0 N–H and O–H groups in total. The molecule has 58 heavy (non-hydrogen) atoms. The highest BCUT2D eigenvalue weighted by Gasteiger charge is 2.22. The summed E-state index contributed by atoms with van der Waals surface area (Å²) >= 11 is 1.82. The molecule has 4 nitrogen and oxygen atoms in total. The number of aromatic nitrogens is 3. The molecule has 0 amide bonds. The molecule has 5 heteroatoms. The smallest absolute Gasteiger partial charge is 0.164 e. The Balaban J connectivity index is 1.14. The van der Waals surface area contributed by atoms with E-state index in [1.54, 1.807) is 0 Å². The monoisotopic (exact) mass is 758 g/mol. The van der Waals surface area contributed by atoms with E-state index in [0.29, 0.717) is 17.5 Å². The predicted molar refractivity (Wildman–Crippen MR) is 244 cm³/mol. The summed E-state index contributed by atoms with van der Waals surface area (Å²) in [6, 6.07) is 72.9. The number of hydrogen-bond donors (Lipinski definition) is 0. The summed E-state index contributed by atoms with van der Waals surface area (Å²) in [4.78, 5) is 17.7. The van der Waals surface area contributed by atoms with Crippen LogP contribution in [0, 0.1) is 0 Å². The number of hydrogen-bond acceptors (Lipinski definition) is 5. The fourth-order valence-corrected chi connectivity index (χ4v) is 9.38. The average molecular weight is 759 g/mol. The van der Waals surface area contributed by atoms with Crippen LogP contribution in [-0.4, -0.2) is 15.0 Å². The van der Waals surface area contributed by atoms with Crippen LogP contribution in [0.1, 0.15) is 0 Å². The number of rotatable bonds is 7. The lowest BCUT2D eigenvalue weighted by atomic mass is 9.98. The Labute approximate surface area is 340 Å². The van der Waals surface area contributed by atoms with Crippen LogP contribution in [0.15, 0.2) is 206 Å². The standard InChI is InChI=1S/C53H34N4S/c1-4-15-35(16-5-1)37-27-30-41(31-28-37)57(42-32-29-36-17-10-11-22-40(36)33-42)47-26-14-25-45-49-44-24-13-12-23-43(44)46(34-48(49)58-50(45)47)53-55-51(38-18-6-2-7-19-38)54-52(56-53)39-20-8-3-9-21-39/h1-34H. The van der Waals surface area contributed by atoms with E-state index in [-0.39, 0.29) is 0 Å². The molecule has 11 rings (SSSR count). The lowest BCUT2D eigenvalue weighted by molar-refractivity contribution is 1.08. The Hall–Kier alpha value is -7.47. The van der Waals surface area contributed by atoms with Gasteiger partial charge in [-0.3, -0.25) is 0 Å². The number of thiophene rings is 1. The van der Waals surface area contributed by atoms with E-state index in [1.807, 2.05) is 47.7 Å². The van der Waals surface area contributed by atoms with Crippen LogP contribution in [0.3, 0.4) is 0 Å². The van der Waals surface area contributed by atoms with Gasteiger partial charge in [0.1, 0.15) is 0 Å². The molecule has 2 aromatic heterocycles. The van der Waals surface area contributed by atoms with Gasteiger partial charge in [0, 0.05) is 43.5 Å². The first-order valence-electron chi connectivity index (χ1n) is 19.4. The summed E-state index contributed by atoms with van der Waals surface area (Å²) in [5, 5.41) is 7.15. The summed E-state index contributed by atoms with van der Waals surface area (Å²) < 4.78 is 2.39. The molecule has 0 aliphatic rings. The Morgan fingerprint density at radius 1 is 0.362 bits per heavy atom. The van der Waals surface area contributed by atoms with Gasteiger partial charge in [-0.15, -0.1) is 11.3 Å². The van der Waals surface area contributed by atoms with Gasteiger partial charge in [0.05, 0.1) is 10.4 Å². The second-order valence-corrected chi connectivity index (χ2v) is 15.5. The van der Waals surface area contributed by atoms with Gasteiger partial charge in [-0.05, 0) is 69.1 Å². The number of fused-ring (bicyclic) bond motifs is 6. The molecular weight excluding hydrogens is 725 g/mol. The van der Waals surface area contributed by atoms with Crippen molar-refractivity contribution in [3.8, 4) is 45.3 Å². The molecule has 0 radical (unpaired) electrons. The molecule has 0 atom stereocenters. The highest BCUT2D eigenvalue weighted by molar-refractivity contribution is 7.26. The van der Waals surface area contributed by atoms with Gasteiger partial charge in [-0.2, -0.15) is 0 Å². The van der Waals surface area contributed by atoms with E-state index >= 15 is 0 Å². The molecule has 11 aromatic rings. The summed E-state index contributed by atoms with van der Waals surface area (Å²) in [5.41, 5.74) is 8.60. The molecule has 0 unspecified atom stereocenters. The molecule has 0 spiro atoms. The topological polar surface area (TPSA) is 41.9 Å². The molecule has 0 saturated heterocycles. The second-order valence-electron chi connectivity index (χ2n) is 14.4. The van der Waals surface area contributed by atoms with Crippen LogP contribution in [0.4, 0.5) is 17.1 Å². The van der Waals surface area contributed by atoms with Gasteiger partial charge >= 0.3 is 0 Å². The molecular formula is C53H34N4S. The van der Waals surface area contributed by atoms with Crippen LogP contribution in [0.25, 0.3) is 87.0 Å². The normalized spacial score (nSPS) is 11.4. The summed E-state index contributed by atoms with van der Waals surface area (Å²) in [7, 11) is 0. The van der Waals surface area contributed by atoms with Gasteiger partial charge in [0.2, 0.25) is 0 Å². The Bertz CT molecular complexity index is 3210. The third-order valence-electron chi connectivity index (χ3n) is 10.9. The first kappa shape index (κ1) is 33.8. The van der Waals surface area contributed by atoms with Crippen LogP contribution >= 0.6 is 11.3 Å². The summed E-state index contributed by atoms with van der Waals surface area (Å²) in [6.45, 7) is 0. The maximum absolute atomic E-state index is 5.16. The Morgan fingerprint density at radius 3 is 1.59 bits per heavy atom. The average Bonchev–Trinajstić information content (AvgIpc) is 3.69. The van der Waals surface area contributed by atoms with Crippen LogP contribution in [-0.2, 0) is 0 Å². The minimum absolute atomic E-state index is 0.650. The zero-order valence-electron chi connectivity index (χ0n) is 31.3. The van der Waals surface area contributed by atoms with Crippen molar-refractivity contribution >= 4 is 70.1 Å². The molecule has 0 aliphatic heterocycles. The zero-order chi connectivity index (χ0) is 38.4. The lowest BCUT2D eigenvalue weighted by Crippen LogP contribution is -2.10. The minimum atomic E-state index is 0.650. The fourth-order valence-electron chi connectivity index (χ4n) is 8.11. The van der Waals surface area contributed by atoms with Crippen molar-refractivity contribution < 1.29 is 0 Å². The number of anilines is 3. The molecule has 0 bridgehead atoms. The maximum Gasteiger partial charge on any atom is 0.164 e. The van der Waals surface area contributed by atoms with Gasteiger partial charge in [-0.25, -0.2) is 15.0 Å². The molecule has 0 aliphatic carbocycles. The van der Waals surface area contributed by atoms with Crippen molar-refractivity contribution in [2.45, 2.75) is 0 Å². The maximum atomic E-state index is 5.16. The highest BCUT2D eigenvalue weighted by atomic mass is 32.1. The van der Waals surface area contributed by atoms with Crippen molar-refractivity contribution in [3.63, 3.8) is 0 Å². The second kappa shape index (κ2) is 14.2. The van der Waals surface area contributed by atoms with Crippen LogP contribution in [0.5, 0.6) is 0 Å². The van der Waals surface area contributed by atoms with E-state index in [1.165, 1.54) is 47.5 Å². The molecule has 2 heterocycles. The van der Waals surface area contributed by atoms with E-state index in [4.69, 9.17) is 15.0 Å². The zero-order valence-corrected chi connectivity index (χ0v) is 32.1. The summed E-state index contributed by atoms with van der Waals surface area (Å²) in [6.07, 6.45) is 0. The number of nitrogens with zero attached hydrogens (tertiary/aromatic N) is 4. The van der Waals surface area contributed by atoms with Crippen molar-refractivity contribution in [1.82, 2.24) is 15.0 Å². The van der Waals surface area contributed by atoms with Gasteiger partial charge in [0.25, 0.3) is 0 Å². The van der Waals surface area contributed by atoms with Crippen LogP contribution < -0.4 is 4.90 Å². The van der Waals surface area contributed by atoms with E-state index in [9.17, 15) is 0 Å². The quantitative estimate of drug-likeness (QED) is 0.162. The van der Waals surface area contributed by atoms with E-state index < -0.39 is 0 Å². The summed E-state index contributed by atoms with van der Waals surface area (Å²) in [5.74, 6) is 1.95. The van der Waals surface area contributed by atoms with Crippen molar-refractivity contribution in [3.05, 3.63) is 206 Å². The third kappa shape index (κ3) is 5.97. The SMILES string of the molecule is c1ccc(-c2ccc(N(c3ccc4ccccc4c3)c3cccc4c3sc3cc(-c5nc(-c6ccccc6)nc(-c6ccccc6)n5)c5ccccc5c34)cc2)cc1. The molecule has 0 saturated carbocycles. The molecule has 0 fully saturated rings. The lowest BCUT2D eigenvalue weighted by Gasteiger charge is -2.26.